The average Bonchev–Trinajstić information content (AvgIpc) is 2.85. The van der Waals surface area contributed by atoms with Gasteiger partial charge in [0.1, 0.15) is 0 Å². The Morgan fingerprint density at radius 1 is 1.56 bits per heavy atom. The molecule has 16 heavy (non-hydrogen) atoms. The zero-order valence-electron chi connectivity index (χ0n) is 8.44. The van der Waals surface area contributed by atoms with Gasteiger partial charge in [-0.25, -0.2) is 4.98 Å². The highest BCUT2D eigenvalue weighted by Crippen LogP contribution is 2.28. The van der Waals surface area contributed by atoms with Crippen molar-refractivity contribution in [3.8, 4) is 10.6 Å². The van der Waals surface area contributed by atoms with E-state index in [1.165, 1.54) is 11.3 Å². The molecule has 0 aromatic carbocycles. The van der Waals surface area contributed by atoms with Crippen LogP contribution in [-0.2, 0) is 4.79 Å². The van der Waals surface area contributed by atoms with Gasteiger partial charge < -0.3 is 5.32 Å². The van der Waals surface area contributed by atoms with Crippen LogP contribution in [0.1, 0.15) is 6.92 Å². The highest BCUT2D eigenvalue weighted by atomic mass is 79.9. The molecule has 0 aliphatic heterocycles. The van der Waals surface area contributed by atoms with Crippen molar-refractivity contribution < 1.29 is 4.79 Å². The minimum Gasteiger partial charge on any atom is -0.301 e. The maximum Gasteiger partial charge on any atom is 0.239 e. The summed E-state index contributed by atoms with van der Waals surface area (Å²) in [6, 6.07) is 4.00. The molecule has 0 fully saturated rings. The van der Waals surface area contributed by atoms with Crippen molar-refractivity contribution in [2.75, 3.05) is 5.32 Å². The quantitative estimate of drug-likeness (QED) is 0.879. The Kier molecular flexibility index (Phi) is 3.73. The van der Waals surface area contributed by atoms with Gasteiger partial charge in [-0.05, 0) is 18.4 Å². The lowest BCUT2D eigenvalue weighted by Gasteiger charge is -2.01. The molecule has 0 radical (unpaired) electrons. The molecule has 0 saturated heterocycles. The van der Waals surface area contributed by atoms with Crippen molar-refractivity contribution in [2.45, 2.75) is 11.8 Å². The Hall–Kier alpha value is -0.720. The van der Waals surface area contributed by atoms with Gasteiger partial charge in [-0.2, -0.15) is 0 Å². The van der Waals surface area contributed by atoms with Gasteiger partial charge in [0.05, 0.1) is 15.4 Å². The van der Waals surface area contributed by atoms with Crippen LogP contribution in [0.25, 0.3) is 10.6 Å². The van der Waals surface area contributed by atoms with Crippen LogP contribution in [0.4, 0.5) is 5.13 Å². The number of alkyl halides is 1. The van der Waals surface area contributed by atoms with Gasteiger partial charge >= 0.3 is 0 Å². The number of anilines is 1. The second-order valence-electron chi connectivity index (χ2n) is 3.12. The molecule has 1 N–H and O–H groups in total. The first-order valence-corrected chi connectivity index (χ1v) is 7.28. The smallest absolute Gasteiger partial charge is 0.239 e. The summed E-state index contributed by atoms with van der Waals surface area (Å²) < 4.78 is 0. The summed E-state index contributed by atoms with van der Waals surface area (Å²) in [6.45, 7) is 1.78. The summed E-state index contributed by atoms with van der Waals surface area (Å²) >= 11 is 6.28. The molecule has 6 heteroatoms. The highest BCUT2D eigenvalue weighted by molar-refractivity contribution is 9.10. The van der Waals surface area contributed by atoms with E-state index in [4.69, 9.17) is 0 Å². The largest absolute Gasteiger partial charge is 0.301 e. The molecule has 1 atom stereocenters. The second-order valence-corrected chi connectivity index (χ2v) is 6.30. The van der Waals surface area contributed by atoms with Crippen molar-refractivity contribution >= 4 is 49.6 Å². The zero-order valence-corrected chi connectivity index (χ0v) is 11.7. The molecule has 0 bridgehead atoms. The van der Waals surface area contributed by atoms with Crippen LogP contribution in [0.3, 0.4) is 0 Å². The van der Waals surface area contributed by atoms with E-state index in [1.807, 2.05) is 22.9 Å². The van der Waals surface area contributed by atoms with Gasteiger partial charge in [0.15, 0.2) is 5.13 Å². The summed E-state index contributed by atoms with van der Waals surface area (Å²) in [7, 11) is 0. The minimum atomic E-state index is -0.207. The van der Waals surface area contributed by atoms with Crippen molar-refractivity contribution in [1.29, 1.82) is 0 Å². The number of carbonyl (C=O) groups excluding carboxylic acids is 1. The van der Waals surface area contributed by atoms with E-state index in [0.29, 0.717) is 5.13 Å². The third-order valence-corrected chi connectivity index (χ3v) is 3.94. The van der Waals surface area contributed by atoms with Gasteiger partial charge in [-0.1, -0.05) is 22.0 Å². The van der Waals surface area contributed by atoms with Crippen LogP contribution in [0.15, 0.2) is 22.9 Å². The summed E-state index contributed by atoms with van der Waals surface area (Å²) in [5.41, 5.74) is 0.914. The van der Waals surface area contributed by atoms with Crippen LogP contribution in [0.5, 0.6) is 0 Å². The molecule has 0 aliphatic rings. The van der Waals surface area contributed by atoms with E-state index in [9.17, 15) is 4.79 Å². The Morgan fingerprint density at radius 3 is 3.00 bits per heavy atom. The zero-order chi connectivity index (χ0) is 11.5. The van der Waals surface area contributed by atoms with E-state index in [2.05, 4.69) is 26.2 Å². The van der Waals surface area contributed by atoms with Gasteiger partial charge in [0.2, 0.25) is 5.91 Å². The molecule has 0 aliphatic carbocycles. The maximum atomic E-state index is 11.4. The molecule has 2 rings (SSSR count). The fourth-order valence-electron chi connectivity index (χ4n) is 1.07. The Bertz CT molecular complexity index is 479. The fraction of sp³-hybridized carbons (Fsp3) is 0.200. The van der Waals surface area contributed by atoms with Gasteiger partial charge in [-0.3, -0.25) is 4.79 Å². The SMILES string of the molecule is CC(Br)C(=O)Nc1nc(-c2cccs2)cs1. The maximum absolute atomic E-state index is 11.4. The van der Waals surface area contributed by atoms with Crippen LogP contribution in [0.2, 0.25) is 0 Å². The number of thiophene rings is 1. The van der Waals surface area contributed by atoms with Crippen LogP contribution in [-0.4, -0.2) is 15.7 Å². The topological polar surface area (TPSA) is 42.0 Å². The molecule has 2 aromatic rings. The second kappa shape index (κ2) is 5.07. The van der Waals surface area contributed by atoms with Crippen molar-refractivity contribution in [3.05, 3.63) is 22.9 Å². The van der Waals surface area contributed by atoms with E-state index < -0.39 is 0 Å². The molecular weight excluding hydrogens is 308 g/mol. The standard InChI is InChI=1S/C10H9BrN2OS2/c1-6(11)9(14)13-10-12-7(5-16-10)8-3-2-4-15-8/h2-6H,1H3,(H,12,13,14). The van der Waals surface area contributed by atoms with E-state index in [0.717, 1.165) is 10.6 Å². The number of carbonyl (C=O) groups is 1. The number of nitrogens with zero attached hydrogens (tertiary/aromatic N) is 1. The number of thiazole rings is 1. The molecule has 0 saturated carbocycles. The van der Waals surface area contributed by atoms with Gasteiger partial charge in [-0.15, -0.1) is 22.7 Å². The van der Waals surface area contributed by atoms with Crippen LogP contribution >= 0.6 is 38.6 Å². The summed E-state index contributed by atoms with van der Waals surface area (Å²) in [5, 5.41) is 7.34. The fourth-order valence-corrected chi connectivity index (χ4v) is 2.66. The first-order valence-electron chi connectivity index (χ1n) is 4.61. The van der Waals surface area contributed by atoms with E-state index in [-0.39, 0.29) is 10.7 Å². The van der Waals surface area contributed by atoms with Crippen LogP contribution in [0, 0.1) is 0 Å². The number of hydrogen-bond donors (Lipinski definition) is 1. The van der Waals surface area contributed by atoms with Gasteiger partial charge in [0, 0.05) is 5.38 Å². The molecule has 1 amide bonds. The predicted molar refractivity (Wildman–Crippen MR) is 72.4 cm³/mol. The number of hydrogen-bond acceptors (Lipinski definition) is 4. The number of nitrogens with one attached hydrogen (secondary N) is 1. The summed E-state index contributed by atoms with van der Waals surface area (Å²) in [6.07, 6.45) is 0. The van der Waals surface area contributed by atoms with Crippen molar-refractivity contribution in [1.82, 2.24) is 4.98 Å². The number of amides is 1. The molecule has 84 valence electrons. The number of aromatic nitrogens is 1. The lowest BCUT2D eigenvalue weighted by atomic mass is 10.4. The first kappa shape index (κ1) is 11.8. The molecule has 1 unspecified atom stereocenters. The van der Waals surface area contributed by atoms with Gasteiger partial charge in [0.25, 0.3) is 0 Å². The van der Waals surface area contributed by atoms with Crippen molar-refractivity contribution in [2.24, 2.45) is 0 Å². The predicted octanol–water partition coefficient (Wildman–Crippen LogP) is 3.59. The van der Waals surface area contributed by atoms with E-state index in [1.54, 1.807) is 18.3 Å². The molecule has 3 nitrogen and oxygen atoms in total. The lowest BCUT2D eigenvalue weighted by Crippen LogP contribution is -2.19. The average molecular weight is 317 g/mol. The molecule has 2 aromatic heterocycles. The Morgan fingerprint density at radius 2 is 2.38 bits per heavy atom. The summed E-state index contributed by atoms with van der Waals surface area (Å²) in [4.78, 5) is 16.7. The molecule has 0 spiro atoms. The van der Waals surface area contributed by atoms with Crippen LogP contribution < -0.4 is 5.32 Å². The third kappa shape index (κ3) is 2.69. The number of rotatable bonds is 3. The first-order chi connectivity index (χ1) is 7.66. The van der Waals surface area contributed by atoms with Crippen molar-refractivity contribution in [3.63, 3.8) is 0 Å². The molecular formula is C10H9BrN2OS2. The normalized spacial score (nSPS) is 12.4. The Balaban J connectivity index is 2.11. The summed E-state index contributed by atoms with van der Waals surface area (Å²) in [5.74, 6) is -0.0768. The molecule has 2 heterocycles. The Labute approximate surface area is 110 Å². The lowest BCUT2D eigenvalue weighted by molar-refractivity contribution is -0.115. The highest BCUT2D eigenvalue weighted by Gasteiger charge is 2.11. The monoisotopic (exact) mass is 316 g/mol. The number of halogens is 1. The van der Waals surface area contributed by atoms with E-state index >= 15 is 0 Å². The minimum absolute atomic E-state index is 0.0768. The third-order valence-electron chi connectivity index (χ3n) is 1.87.